The third kappa shape index (κ3) is 6.03. The largest absolute Gasteiger partial charge is 0.378 e. The molecule has 0 saturated carbocycles. The second-order valence-electron chi connectivity index (χ2n) is 9.00. The van der Waals surface area contributed by atoms with Crippen LogP contribution >= 0.6 is 0 Å². The Bertz CT molecular complexity index is 1470. The van der Waals surface area contributed by atoms with Crippen LogP contribution in [0.2, 0.25) is 0 Å². The van der Waals surface area contributed by atoms with Gasteiger partial charge in [-0.15, -0.1) is 0 Å². The summed E-state index contributed by atoms with van der Waals surface area (Å²) in [6, 6.07) is 23.7. The van der Waals surface area contributed by atoms with Gasteiger partial charge in [0.15, 0.2) is 0 Å². The van der Waals surface area contributed by atoms with Crippen LogP contribution in [0.1, 0.15) is 33.4 Å². The molecule has 0 radical (unpaired) electrons. The van der Waals surface area contributed by atoms with E-state index in [1.165, 1.54) is 24.3 Å². The zero-order chi connectivity index (χ0) is 26.8. The maximum absolute atomic E-state index is 12.7. The van der Waals surface area contributed by atoms with Crippen molar-refractivity contribution in [2.24, 2.45) is 0 Å². The van der Waals surface area contributed by atoms with Crippen LogP contribution in [-0.4, -0.2) is 16.8 Å². The zero-order valence-electron chi connectivity index (χ0n) is 21.1. The lowest BCUT2D eigenvalue weighted by Gasteiger charge is -2.16. The fourth-order valence-corrected chi connectivity index (χ4v) is 6.41. The predicted octanol–water partition coefficient (Wildman–Crippen LogP) is 6.05. The average Bonchev–Trinajstić information content (AvgIpc) is 2.85. The second-order valence-corrected chi connectivity index (χ2v) is 12.1. The van der Waals surface area contributed by atoms with Crippen molar-refractivity contribution in [2.75, 3.05) is 0 Å². The molecule has 4 rings (SSSR count). The van der Waals surface area contributed by atoms with Crippen LogP contribution in [-0.2, 0) is 26.7 Å². The third-order valence-corrected chi connectivity index (χ3v) is 8.37. The molecule has 0 saturated heterocycles. The highest BCUT2D eigenvalue weighted by molar-refractivity contribution is 7.87. The Balaban J connectivity index is 1.56. The summed E-state index contributed by atoms with van der Waals surface area (Å²) in [7, 11) is -7.89. The Hall–Kier alpha value is -3.62. The van der Waals surface area contributed by atoms with Crippen LogP contribution in [0.25, 0.3) is 0 Å². The van der Waals surface area contributed by atoms with Crippen molar-refractivity contribution in [2.45, 2.75) is 43.9 Å². The van der Waals surface area contributed by atoms with Crippen molar-refractivity contribution in [1.82, 2.24) is 0 Å². The Kier molecular flexibility index (Phi) is 7.43. The SMILES string of the molecule is Cc1cc(Cc2cc(C)c(OS(=O)(=O)c3ccccc3)c(C)c2)cc(C)c1OS(=O)(=O)c1ccccc1. The Morgan fingerprint density at radius 2 is 0.811 bits per heavy atom. The van der Waals surface area contributed by atoms with Gasteiger partial charge in [-0.3, -0.25) is 0 Å². The molecule has 0 amide bonds. The highest BCUT2D eigenvalue weighted by Gasteiger charge is 2.21. The zero-order valence-corrected chi connectivity index (χ0v) is 22.7. The average molecular weight is 537 g/mol. The summed E-state index contributed by atoms with van der Waals surface area (Å²) in [5.74, 6) is 0.629. The van der Waals surface area contributed by atoms with Gasteiger partial charge in [0.25, 0.3) is 0 Å². The van der Waals surface area contributed by atoms with Crippen LogP contribution in [0, 0.1) is 27.7 Å². The molecular weight excluding hydrogens is 508 g/mol. The molecule has 0 aliphatic carbocycles. The molecule has 0 atom stereocenters. The van der Waals surface area contributed by atoms with Gasteiger partial charge in [-0.25, -0.2) is 0 Å². The molecule has 0 bridgehead atoms. The monoisotopic (exact) mass is 536 g/mol. The Labute approximate surface area is 218 Å². The van der Waals surface area contributed by atoms with E-state index in [4.69, 9.17) is 8.37 Å². The summed E-state index contributed by atoms with van der Waals surface area (Å²) in [6.45, 7) is 7.25. The lowest BCUT2D eigenvalue weighted by molar-refractivity contribution is 0.480. The smallest absolute Gasteiger partial charge is 0.339 e. The molecule has 0 unspecified atom stereocenters. The minimum atomic E-state index is -3.94. The van der Waals surface area contributed by atoms with E-state index in [9.17, 15) is 16.8 Å². The molecule has 4 aromatic rings. The quantitative estimate of drug-likeness (QED) is 0.255. The van der Waals surface area contributed by atoms with E-state index in [0.717, 1.165) is 11.1 Å². The van der Waals surface area contributed by atoms with E-state index in [1.54, 1.807) is 36.4 Å². The van der Waals surface area contributed by atoms with Crippen LogP contribution < -0.4 is 8.37 Å². The summed E-state index contributed by atoms with van der Waals surface area (Å²) < 4.78 is 61.8. The lowest BCUT2D eigenvalue weighted by Crippen LogP contribution is -2.12. The van der Waals surface area contributed by atoms with Gasteiger partial charge in [-0.2, -0.15) is 16.8 Å². The van der Waals surface area contributed by atoms with E-state index in [1.807, 2.05) is 52.0 Å². The Morgan fingerprint density at radius 3 is 1.11 bits per heavy atom. The van der Waals surface area contributed by atoms with E-state index in [2.05, 4.69) is 0 Å². The van der Waals surface area contributed by atoms with Gasteiger partial charge in [0.1, 0.15) is 21.3 Å². The minimum absolute atomic E-state index is 0.0976. The molecule has 0 aromatic heterocycles. The van der Waals surface area contributed by atoms with Crippen molar-refractivity contribution >= 4 is 20.2 Å². The van der Waals surface area contributed by atoms with Crippen molar-refractivity contribution < 1.29 is 25.2 Å². The molecule has 37 heavy (non-hydrogen) atoms. The fraction of sp³-hybridized carbons (Fsp3) is 0.172. The molecule has 0 aliphatic heterocycles. The normalized spacial score (nSPS) is 11.8. The molecule has 8 heteroatoms. The summed E-state index contributed by atoms with van der Waals surface area (Å²) in [6.07, 6.45) is 0.570. The van der Waals surface area contributed by atoms with Gasteiger partial charge in [0.2, 0.25) is 0 Å². The van der Waals surface area contributed by atoms with E-state index in [0.29, 0.717) is 40.2 Å². The standard InChI is InChI=1S/C29H28O6S2/c1-20-15-24(16-21(2)28(20)34-36(30,31)26-11-7-5-8-12-26)19-25-17-22(3)29(23(4)18-25)35-37(32,33)27-13-9-6-10-14-27/h5-18H,19H2,1-4H3. The van der Waals surface area contributed by atoms with E-state index >= 15 is 0 Å². The molecule has 0 heterocycles. The van der Waals surface area contributed by atoms with Gasteiger partial charge >= 0.3 is 20.2 Å². The first kappa shape index (κ1) is 26.4. The van der Waals surface area contributed by atoms with Gasteiger partial charge in [0.05, 0.1) is 0 Å². The van der Waals surface area contributed by atoms with Gasteiger partial charge in [0, 0.05) is 0 Å². The number of rotatable bonds is 8. The summed E-state index contributed by atoms with van der Waals surface area (Å²) in [5.41, 5.74) is 4.77. The second kappa shape index (κ2) is 10.4. The number of benzene rings is 4. The summed E-state index contributed by atoms with van der Waals surface area (Å²) in [5, 5.41) is 0. The first-order valence-corrected chi connectivity index (χ1v) is 14.5. The van der Waals surface area contributed by atoms with Crippen LogP contribution in [0.5, 0.6) is 11.5 Å². The Morgan fingerprint density at radius 1 is 0.514 bits per heavy atom. The number of hydrogen-bond donors (Lipinski definition) is 0. The third-order valence-electron chi connectivity index (χ3n) is 5.90. The topological polar surface area (TPSA) is 86.7 Å². The van der Waals surface area contributed by atoms with Gasteiger partial charge in [-0.05, 0) is 91.8 Å². The molecule has 6 nitrogen and oxygen atoms in total. The number of aryl methyl sites for hydroxylation is 4. The van der Waals surface area contributed by atoms with E-state index in [-0.39, 0.29) is 9.79 Å². The molecular formula is C29H28O6S2. The van der Waals surface area contributed by atoms with Crippen molar-refractivity contribution in [3.05, 3.63) is 118 Å². The molecule has 0 aliphatic rings. The highest BCUT2D eigenvalue weighted by Crippen LogP contribution is 2.32. The van der Waals surface area contributed by atoms with Gasteiger partial charge < -0.3 is 8.37 Å². The molecule has 192 valence electrons. The van der Waals surface area contributed by atoms with Crippen LogP contribution in [0.4, 0.5) is 0 Å². The van der Waals surface area contributed by atoms with Crippen molar-refractivity contribution in [3.8, 4) is 11.5 Å². The minimum Gasteiger partial charge on any atom is -0.378 e. The lowest BCUT2D eigenvalue weighted by atomic mass is 9.97. The predicted molar refractivity (Wildman–Crippen MR) is 143 cm³/mol. The molecule has 0 N–H and O–H groups in total. The van der Waals surface area contributed by atoms with Crippen molar-refractivity contribution in [3.63, 3.8) is 0 Å². The van der Waals surface area contributed by atoms with Crippen LogP contribution in [0.3, 0.4) is 0 Å². The van der Waals surface area contributed by atoms with Crippen LogP contribution in [0.15, 0.2) is 94.7 Å². The summed E-state index contributed by atoms with van der Waals surface area (Å²) >= 11 is 0. The maximum atomic E-state index is 12.7. The highest BCUT2D eigenvalue weighted by atomic mass is 32.2. The van der Waals surface area contributed by atoms with Crippen molar-refractivity contribution in [1.29, 1.82) is 0 Å². The van der Waals surface area contributed by atoms with Gasteiger partial charge in [-0.1, -0.05) is 60.7 Å². The number of hydrogen-bond acceptors (Lipinski definition) is 6. The molecule has 4 aromatic carbocycles. The molecule has 0 fully saturated rings. The summed E-state index contributed by atoms with van der Waals surface area (Å²) in [4.78, 5) is 0.195. The maximum Gasteiger partial charge on any atom is 0.339 e. The van der Waals surface area contributed by atoms with E-state index < -0.39 is 20.2 Å². The first-order valence-electron chi connectivity index (χ1n) is 11.7. The molecule has 0 spiro atoms. The first-order chi connectivity index (χ1) is 17.5. The fourth-order valence-electron chi connectivity index (χ4n) is 4.27.